The van der Waals surface area contributed by atoms with Crippen LogP contribution >= 0.6 is 0 Å². The molecule has 1 aliphatic heterocycles. The first-order chi connectivity index (χ1) is 9.95. The van der Waals surface area contributed by atoms with Crippen molar-refractivity contribution in [2.45, 2.75) is 19.1 Å². The Morgan fingerprint density at radius 1 is 0.952 bits per heavy atom. The molecule has 0 saturated heterocycles. The number of amidine groups is 1. The van der Waals surface area contributed by atoms with Gasteiger partial charge in [-0.05, 0) is 29.3 Å². The highest BCUT2D eigenvalue weighted by Crippen LogP contribution is 2.33. The van der Waals surface area contributed by atoms with E-state index in [1.54, 1.807) is 11.0 Å². The highest BCUT2D eigenvalue weighted by Gasteiger charge is 2.31. The van der Waals surface area contributed by atoms with E-state index in [4.69, 9.17) is 5.41 Å². The molecule has 21 heavy (non-hydrogen) atoms. The molecule has 2 nitrogen and oxygen atoms in total. The molecule has 5 heteroatoms. The van der Waals surface area contributed by atoms with Crippen molar-refractivity contribution in [1.29, 1.82) is 5.41 Å². The number of benzene rings is 2. The molecule has 1 N–H and O–H groups in total. The Morgan fingerprint density at radius 2 is 1.67 bits per heavy atom. The van der Waals surface area contributed by atoms with E-state index in [0.29, 0.717) is 24.5 Å². The minimum absolute atomic E-state index is 0.313. The van der Waals surface area contributed by atoms with E-state index >= 15 is 0 Å². The zero-order chi connectivity index (χ0) is 15.0. The second-order valence-corrected chi connectivity index (χ2v) is 5.03. The predicted octanol–water partition coefficient (Wildman–Crippen LogP) is 4.25. The summed E-state index contributed by atoms with van der Waals surface area (Å²) in [5.41, 5.74) is 1.83. The number of nitrogens with zero attached hydrogens (tertiary/aromatic N) is 1. The van der Waals surface area contributed by atoms with Crippen molar-refractivity contribution in [3.05, 3.63) is 65.2 Å². The van der Waals surface area contributed by atoms with E-state index in [9.17, 15) is 13.2 Å². The minimum atomic E-state index is -4.37. The van der Waals surface area contributed by atoms with Crippen molar-refractivity contribution < 1.29 is 13.2 Å². The van der Waals surface area contributed by atoms with E-state index in [2.05, 4.69) is 0 Å². The molecular formula is C16H13F3N2. The lowest BCUT2D eigenvalue weighted by molar-refractivity contribution is -0.137. The largest absolute Gasteiger partial charge is 0.416 e. The van der Waals surface area contributed by atoms with Crippen LogP contribution in [0.3, 0.4) is 0 Å². The fraction of sp³-hybridized carbons (Fsp3) is 0.188. The molecule has 3 rings (SSSR count). The molecule has 0 amide bonds. The number of hydrogen-bond acceptors (Lipinski definition) is 1. The Labute approximate surface area is 120 Å². The second kappa shape index (κ2) is 4.91. The van der Waals surface area contributed by atoms with Gasteiger partial charge in [0.1, 0.15) is 5.84 Å². The summed E-state index contributed by atoms with van der Waals surface area (Å²) in [5, 5.41) is 8.09. The Kier molecular flexibility index (Phi) is 3.20. The zero-order valence-corrected chi connectivity index (χ0v) is 11.1. The van der Waals surface area contributed by atoms with Gasteiger partial charge in [0.15, 0.2) is 0 Å². The van der Waals surface area contributed by atoms with Gasteiger partial charge in [0.25, 0.3) is 0 Å². The van der Waals surface area contributed by atoms with Gasteiger partial charge in [-0.25, -0.2) is 0 Å². The molecule has 1 heterocycles. The molecule has 0 aromatic heterocycles. The van der Waals surface area contributed by atoms with Crippen LogP contribution in [0.2, 0.25) is 0 Å². The van der Waals surface area contributed by atoms with Crippen molar-refractivity contribution >= 4 is 11.5 Å². The summed E-state index contributed by atoms with van der Waals surface area (Å²) >= 11 is 0. The number of anilines is 1. The predicted molar refractivity (Wildman–Crippen MR) is 75.5 cm³/mol. The first-order valence-corrected chi connectivity index (χ1v) is 6.54. The van der Waals surface area contributed by atoms with Crippen LogP contribution in [0.15, 0.2) is 48.5 Å². The summed E-state index contributed by atoms with van der Waals surface area (Å²) in [6.45, 7) is 0.427. The average molecular weight is 290 g/mol. The lowest BCUT2D eigenvalue weighted by Crippen LogP contribution is -2.35. The smallest absolute Gasteiger partial charge is 0.326 e. The van der Waals surface area contributed by atoms with Crippen LogP contribution in [-0.4, -0.2) is 5.84 Å². The molecule has 0 fully saturated rings. The van der Waals surface area contributed by atoms with Crippen LogP contribution in [0.4, 0.5) is 18.9 Å². The monoisotopic (exact) mass is 290 g/mol. The first-order valence-electron chi connectivity index (χ1n) is 6.54. The van der Waals surface area contributed by atoms with Gasteiger partial charge in [-0.3, -0.25) is 5.41 Å². The standard InChI is InChI=1S/C16H13F3N2/c17-16(18,19)13-6-3-7-14(9-13)21-10-12-5-2-1-4-11(12)8-15(21)20/h1-7,9,20H,8,10H2. The molecule has 1 aliphatic rings. The van der Waals surface area contributed by atoms with Crippen molar-refractivity contribution in [1.82, 2.24) is 0 Å². The Morgan fingerprint density at radius 3 is 2.38 bits per heavy atom. The van der Waals surface area contributed by atoms with Gasteiger partial charge in [-0.2, -0.15) is 13.2 Å². The summed E-state index contributed by atoms with van der Waals surface area (Å²) in [6, 6.07) is 12.8. The Bertz CT molecular complexity index is 692. The van der Waals surface area contributed by atoms with Crippen LogP contribution in [0.5, 0.6) is 0 Å². The van der Waals surface area contributed by atoms with Gasteiger partial charge in [-0.1, -0.05) is 30.3 Å². The number of nitrogens with one attached hydrogen (secondary N) is 1. The van der Waals surface area contributed by atoms with Gasteiger partial charge in [0.2, 0.25) is 0 Å². The molecule has 0 aliphatic carbocycles. The molecular weight excluding hydrogens is 277 g/mol. The van der Waals surface area contributed by atoms with Crippen LogP contribution in [-0.2, 0) is 19.1 Å². The maximum atomic E-state index is 12.8. The highest BCUT2D eigenvalue weighted by molar-refractivity contribution is 5.98. The summed E-state index contributed by atoms with van der Waals surface area (Å²) in [7, 11) is 0. The third kappa shape index (κ3) is 2.63. The molecule has 0 radical (unpaired) electrons. The van der Waals surface area contributed by atoms with Crippen molar-refractivity contribution in [2.24, 2.45) is 0 Å². The minimum Gasteiger partial charge on any atom is -0.326 e. The number of fused-ring (bicyclic) bond motifs is 1. The number of halogens is 3. The maximum absolute atomic E-state index is 12.8. The van der Waals surface area contributed by atoms with E-state index in [1.807, 2.05) is 24.3 Å². The summed E-state index contributed by atoms with van der Waals surface area (Å²) < 4.78 is 38.4. The van der Waals surface area contributed by atoms with Gasteiger partial charge in [0.05, 0.1) is 5.56 Å². The first kappa shape index (κ1) is 13.7. The molecule has 0 atom stereocenters. The van der Waals surface area contributed by atoms with Gasteiger partial charge in [-0.15, -0.1) is 0 Å². The van der Waals surface area contributed by atoms with E-state index in [0.717, 1.165) is 23.3 Å². The van der Waals surface area contributed by atoms with Crippen molar-refractivity contribution in [3.63, 3.8) is 0 Å². The lowest BCUT2D eigenvalue weighted by Gasteiger charge is -2.31. The molecule has 108 valence electrons. The molecule has 0 spiro atoms. The van der Waals surface area contributed by atoms with Crippen LogP contribution in [0, 0.1) is 5.41 Å². The van der Waals surface area contributed by atoms with Gasteiger partial charge < -0.3 is 4.90 Å². The van der Waals surface area contributed by atoms with Crippen LogP contribution in [0.25, 0.3) is 0 Å². The Hall–Kier alpha value is -2.30. The number of alkyl halides is 3. The topological polar surface area (TPSA) is 27.1 Å². The normalized spacial score (nSPS) is 15.0. The van der Waals surface area contributed by atoms with Crippen molar-refractivity contribution in [2.75, 3.05) is 4.90 Å². The van der Waals surface area contributed by atoms with Gasteiger partial charge in [0, 0.05) is 18.7 Å². The lowest BCUT2D eigenvalue weighted by atomic mass is 9.98. The number of rotatable bonds is 1. The van der Waals surface area contributed by atoms with E-state index in [-0.39, 0.29) is 0 Å². The maximum Gasteiger partial charge on any atom is 0.416 e. The molecule has 0 saturated carbocycles. The third-order valence-electron chi connectivity index (χ3n) is 3.62. The molecule has 0 unspecified atom stereocenters. The summed E-state index contributed by atoms with van der Waals surface area (Å²) in [5.74, 6) is 0.313. The summed E-state index contributed by atoms with van der Waals surface area (Å²) in [6.07, 6.45) is -3.93. The molecule has 0 bridgehead atoms. The average Bonchev–Trinajstić information content (AvgIpc) is 2.46. The zero-order valence-electron chi connectivity index (χ0n) is 11.1. The van der Waals surface area contributed by atoms with Crippen molar-refractivity contribution in [3.8, 4) is 0 Å². The molecule has 2 aromatic rings. The number of hydrogen-bond donors (Lipinski definition) is 1. The fourth-order valence-electron chi connectivity index (χ4n) is 2.52. The highest BCUT2D eigenvalue weighted by atomic mass is 19.4. The summed E-state index contributed by atoms with van der Waals surface area (Å²) in [4.78, 5) is 1.62. The third-order valence-corrected chi connectivity index (χ3v) is 3.62. The van der Waals surface area contributed by atoms with E-state index in [1.165, 1.54) is 6.07 Å². The van der Waals surface area contributed by atoms with Gasteiger partial charge >= 0.3 is 6.18 Å². The van der Waals surface area contributed by atoms with E-state index < -0.39 is 11.7 Å². The van der Waals surface area contributed by atoms with Crippen LogP contribution < -0.4 is 4.90 Å². The van der Waals surface area contributed by atoms with Crippen LogP contribution in [0.1, 0.15) is 16.7 Å². The SMILES string of the molecule is N=C1Cc2ccccc2CN1c1cccc(C(F)(F)F)c1. The Balaban J connectivity index is 1.96. The fourth-order valence-corrected chi connectivity index (χ4v) is 2.52. The quantitative estimate of drug-likeness (QED) is 0.835. The second-order valence-electron chi connectivity index (χ2n) is 5.03. The molecule has 2 aromatic carbocycles.